The molecular formula is C29H36F3N3O3S. The predicted octanol–water partition coefficient (Wildman–Crippen LogP) is 6.43. The second-order valence-electron chi connectivity index (χ2n) is 10.4. The molecule has 1 saturated heterocycles. The number of halogens is 3. The molecule has 0 aliphatic carbocycles. The summed E-state index contributed by atoms with van der Waals surface area (Å²) in [6.07, 6.45) is 0.269. The number of aliphatic carboxylic acids is 1. The molecule has 10 heteroatoms. The van der Waals surface area contributed by atoms with Crippen LogP contribution in [0.3, 0.4) is 0 Å². The lowest BCUT2D eigenvalue weighted by Gasteiger charge is -2.35. The fourth-order valence-corrected chi connectivity index (χ4v) is 6.32. The van der Waals surface area contributed by atoms with Crippen LogP contribution in [0.2, 0.25) is 0 Å². The fraction of sp³-hybridized carbons (Fsp3) is 0.517. The molecule has 1 amide bonds. The average molecular weight is 564 g/mol. The van der Waals surface area contributed by atoms with Crippen molar-refractivity contribution in [2.45, 2.75) is 58.2 Å². The number of aryl methyl sites for hydroxylation is 1. The van der Waals surface area contributed by atoms with Gasteiger partial charge in [-0.05, 0) is 79.2 Å². The molecule has 0 radical (unpaired) electrons. The zero-order valence-electron chi connectivity index (χ0n) is 22.2. The molecule has 2 aromatic rings. The smallest absolute Gasteiger partial charge is 0.416 e. The Balaban J connectivity index is 1.51. The van der Waals surface area contributed by atoms with Crippen LogP contribution in [0.1, 0.15) is 55.7 Å². The van der Waals surface area contributed by atoms with Crippen LogP contribution in [-0.4, -0.2) is 48.1 Å². The summed E-state index contributed by atoms with van der Waals surface area (Å²) < 4.78 is 40.2. The Bertz CT molecular complexity index is 1170. The van der Waals surface area contributed by atoms with Gasteiger partial charge in [0.1, 0.15) is 0 Å². The van der Waals surface area contributed by atoms with Gasteiger partial charge in [0, 0.05) is 38.3 Å². The highest BCUT2D eigenvalue weighted by Crippen LogP contribution is 2.37. The predicted molar refractivity (Wildman–Crippen MR) is 151 cm³/mol. The van der Waals surface area contributed by atoms with Crippen molar-refractivity contribution in [1.29, 1.82) is 0 Å². The van der Waals surface area contributed by atoms with Crippen molar-refractivity contribution in [2.24, 2.45) is 5.92 Å². The van der Waals surface area contributed by atoms with E-state index in [2.05, 4.69) is 10.2 Å². The summed E-state index contributed by atoms with van der Waals surface area (Å²) in [4.78, 5) is 27.6. The molecule has 212 valence electrons. The molecule has 0 spiro atoms. The molecule has 2 aliphatic rings. The molecule has 6 nitrogen and oxygen atoms in total. The zero-order valence-corrected chi connectivity index (χ0v) is 23.0. The molecule has 0 atom stereocenters. The number of piperidine rings is 1. The Morgan fingerprint density at radius 2 is 1.85 bits per heavy atom. The number of carbonyl (C=O) groups is 2. The maximum Gasteiger partial charge on any atom is 0.416 e. The zero-order chi connectivity index (χ0) is 28.0. The molecule has 2 aromatic carbocycles. The molecule has 0 bridgehead atoms. The van der Waals surface area contributed by atoms with Gasteiger partial charge in [-0.3, -0.25) is 9.59 Å². The number of nitrogens with zero attached hydrogens (tertiary/aromatic N) is 2. The number of carboxylic acid groups (broad SMARTS) is 1. The van der Waals surface area contributed by atoms with Crippen molar-refractivity contribution < 1.29 is 27.9 Å². The van der Waals surface area contributed by atoms with Crippen LogP contribution in [0.4, 0.5) is 30.2 Å². The third-order valence-electron chi connectivity index (χ3n) is 7.35. The number of rotatable bonds is 10. The van der Waals surface area contributed by atoms with Crippen molar-refractivity contribution in [1.82, 2.24) is 0 Å². The van der Waals surface area contributed by atoms with E-state index in [0.717, 1.165) is 79.5 Å². The van der Waals surface area contributed by atoms with Crippen LogP contribution in [-0.2, 0) is 28.7 Å². The Morgan fingerprint density at radius 1 is 1.08 bits per heavy atom. The highest BCUT2D eigenvalue weighted by molar-refractivity contribution is 7.99. The molecule has 1 fully saturated rings. The van der Waals surface area contributed by atoms with Gasteiger partial charge in [0.15, 0.2) is 0 Å². The molecular weight excluding hydrogens is 527 g/mol. The highest BCUT2D eigenvalue weighted by Gasteiger charge is 2.32. The van der Waals surface area contributed by atoms with E-state index < -0.39 is 17.7 Å². The van der Waals surface area contributed by atoms with Crippen molar-refractivity contribution >= 4 is 40.7 Å². The summed E-state index contributed by atoms with van der Waals surface area (Å²) in [6, 6.07) is 9.97. The third kappa shape index (κ3) is 7.84. The number of hydrogen-bond acceptors (Lipinski definition) is 5. The summed E-state index contributed by atoms with van der Waals surface area (Å²) in [5, 5.41) is 12.0. The normalized spacial score (nSPS) is 16.2. The second kappa shape index (κ2) is 13.0. The van der Waals surface area contributed by atoms with Crippen LogP contribution in [0.15, 0.2) is 36.4 Å². The van der Waals surface area contributed by atoms with Crippen LogP contribution < -0.4 is 15.1 Å². The summed E-state index contributed by atoms with van der Waals surface area (Å²) >= 11 is 1.46. The molecule has 0 unspecified atom stereocenters. The Labute approximate surface area is 231 Å². The van der Waals surface area contributed by atoms with Crippen LogP contribution >= 0.6 is 11.8 Å². The Morgan fingerprint density at radius 3 is 2.54 bits per heavy atom. The summed E-state index contributed by atoms with van der Waals surface area (Å²) in [5.41, 5.74) is 3.51. The van der Waals surface area contributed by atoms with Crippen molar-refractivity contribution in [3.05, 3.63) is 53.1 Å². The maximum atomic E-state index is 13.4. The average Bonchev–Trinajstić information content (AvgIpc) is 2.89. The van der Waals surface area contributed by atoms with E-state index in [1.54, 1.807) is 6.07 Å². The van der Waals surface area contributed by atoms with Crippen LogP contribution in [0.5, 0.6) is 0 Å². The molecule has 39 heavy (non-hydrogen) atoms. The molecule has 2 aliphatic heterocycles. The van der Waals surface area contributed by atoms with Gasteiger partial charge in [0.05, 0.1) is 22.7 Å². The molecule has 2 heterocycles. The number of nitrogens with one attached hydrogen (secondary N) is 1. The number of thioether (sulfide) groups is 1. The van der Waals surface area contributed by atoms with Gasteiger partial charge in [-0.2, -0.15) is 13.2 Å². The summed E-state index contributed by atoms with van der Waals surface area (Å²) in [7, 11) is 0. The lowest BCUT2D eigenvalue weighted by atomic mass is 9.97. The van der Waals surface area contributed by atoms with E-state index in [0.29, 0.717) is 31.1 Å². The van der Waals surface area contributed by atoms with Gasteiger partial charge in [0.25, 0.3) is 0 Å². The van der Waals surface area contributed by atoms with Crippen molar-refractivity contribution in [2.75, 3.05) is 46.3 Å². The largest absolute Gasteiger partial charge is 0.481 e. The SMILES string of the molecule is CCCC(=O)Nc1cc(CN2CCCc3ccc(C(F)(F)F)cc32)ccc1N1CCC(CSCC(=O)O)CC1. The number of alkyl halides is 3. The first-order valence-electron chi connectivity index (χ1n) is 13.6. The van der Waals surface area contributed by atoms with Gasteiger partial charge in [-0.15, -0.1) is 11.8 Å². The molecule has 0 aromatic heterocycles. The van der Waals surface area contributed by atoms with Gasteiger partial charge >= 0.3 is 12.1 Å². The maximum absolute atomic E-state index is 13.4. The van der Waals surface area contributed by atoms with Gasteiger partial charge < -0.3 is 20.2 Å². The van der Waals surface area contributed by atoms with E-state index >= 15 is 0 Å². The quantitative estimate of drug-likeness (QED) is 0.347. The van der Waals surface area contributed by atoms with E-state index in [1.807, 2.05) is 30.0 Å². The lowest BCUT2D eigenvalue weighted by Crippen LogP contribution is -2.35. The number of fused-ring (bicyclic) bond motifs is 1. The summed E-state index contributed by atoms with van der Waals surface area (Å²) in [5.74, 6) is 0.553. The minimum atomic E-state index is -4.39. The number of carbonyl (C=O) groups excluding carboxylic acids is 1. The first kappa shape index (κ1) is 29.1. The Kier molecular flexibility index (Phi) is 9.69. The number of anilines is 3. The van der Waals surface area contributed by atoms with Crippen molar-refractivity contribution in [3.8, 4) is 0 Å². The second-order valence-corrected chi connectivity index (χ2v) is 11.4. The number of carboxylic acids is 1. The van der Waals surface area contributed by atoms with Gasteiger partial charge in [-0.1, -0.05) is 19.1 Å². The monoisotopic (exact) mass is 563 g/mol. The molecule has 0 saturated carbocycles. The first-order chi connectivity index (χ1) is 18.6. The summed E-state index contributed by atoms with van der Waals surface area (Å²) in [6.45, 7) is 4.70. The number of benzene rings is 2. The van der Waals surface area contributed by atoms with E-state index in [-0.39, 0.29) is 11.7 Å². The first-order valence-corrected chi connectivity index (χ1v) is 14.7. The van der Waals surface area contributed by atoms with Crippen LogP contribution in [0, 0.1) is 5.92 Å². The molecule has 4 rings (SSSR count). The molecule has 2 N–H and O–H groups in total. The lowest BCUT2D eigenvalue weighted by molar-refractivity contribution is -0.137. The number of amides is 1. The minimum Gasteiger partial charge on any atom is -0.481 e. The van der Waals surface area contributed by atoms with E-state index in [4.69, 9.17) is 5.11 Å². The Hall–Kier alpha value is -2.88. The topological polar surface area (TPSA) is 72.9 Å². The minimum absolute atomic E-state index is 0.0611. The van der Waals surface area contributed by atoms with E-state index in [1.165, 1.54) is 17.8 Å². The van der Waals surface area contributed by atoms with Crippen molar-refractivity contribution in [3.63, 3.8) is 0 Å². The van der Waals surface area contributed by atoms with Gasteiger partial charge in [0.2, 0.25) is 5.91 Å². The van der Waals surface area contributed by atoms with Gasteiger partial charge in [-0.25, -0.2) is 0 Å². The van der Waals surface area contributed by atoms with E-state index in [9.17, 15) is 22.8 Å². The van der Waals surface area contributed by atoms with Crippen LogP contribution in [0.25, 0.3) is 0 Å². The standard InChI is InChI=1S/C29H36F3N3O3S/c1-2-4-27(36)33-24-15-21(6-9-25(24)34-13-10-20(11-14-34)18-39-19-28(37)38)17-35-12-3-5-22-7-8-23(16-26(22)35)29(30,31)32/h6-9,15-16,20H,2-5,10-14,17-19H2,1H3,(H,33,36)(H,37,38). The number of hydrogen-bond donors (Lipinski definition) is 2. The third-order valence-corrected chi connectivity index (χ3v) is 8.51. The highest BCUT2D eigenvalue weighted by atomic mass is 32.2. The fourth-order valence-electron chi connectivity index (χ4n) is 5.36.